The highest BCUT2D eigenvalue weighted by Crippen LogP contribution is 2.38. The fourth-order valence-electron chi connectivity index (χ4n) is 3.91. The first-order valence-electron chi connectivity index (χ1n) is 9.50. The number of carbonyl (C=O) groups excluding carboxylic acids is 2. The van der Waals surface area contributed by atoms with E-state index in [1.54, 1.807) is 11.3 Å². The Morgan fingerprint density at radius 1 is 0.963 bits per heavy atom. The lowest BCUT2D eigenvalue weighted by molar-refractivity contribution is -0.138. The van der Waals surface area contributed by atoms with Crippen LogP contribution in [0.15, 0.2) is 41.8 Å². The first kappa shape index (κ1) is 18.6. The minimum atomic E-state index is -0.0322. The molecule has 6 heteroatoms. The van der Waals surface area contributed by atoms with Gasteiger partial charge in [0.15, 0.2) is 0 Å². The maximum absolute atomic E-state index is 13.1. The van der Waals surface area contributed by atoms with Crippen molar-refractivity contribution in [3.63, 3.8) is 0 Å². The van der Waals surface area contributed by atoms with E-state index in [0.29, 0.717) is 12.8 Å². The number of carbonyl (C=O) groups is 2. The van der Waals surface area contributed by atoms with Gasteiger partial charge in [0.25, 0.3) is 0 Å². The van der Waals surface area contributed by atoms with Crippen LogP contribution >= 0.6 is 23.1 Å². The highest BCUT2D eigenvalue weighted by atomic mass is 32.2. The molecule has 0 spiro atoms. The van der Waals surface area contributed by atoms with Crippen LogP contribution in [0.3, 0.4) is 0 Å². The minimum Gasteiger partial charge on any atom is -0.341 e. The molecule has 0 bridgehead atoms. The zero-order valence-electron chi connectivity index (χ0n) is 15.3. The van der Waals surface area contributed by atoms with Gasteiger partial charge in [-0.25, -0.2) is 0 Å². The molecule has 142 valence electrons. The SMILES string of the molecule is O=C(CCC(=O)N1CCc2sccc2C1c1ccccc1)N1CCSCC1. The molecule has 0 aliphatic carbocycles. The molecule has 2 amide bonds. The smallest absolute Gasteiger partial charge is 0.223 e. The van der Waals surface area contributed by atoms with Gasteiger partial charge >= 0.3 is 0 Å². The van der Waals surface area contributed by atoms with Crippen LogP contribution in [0, 0.1) is 0 Å². The van der Waals surface area contributed by atoms with E-state index in [1.807, 2.05) is 39.8 Å². The van der Waals surface area contributed by atoms with E-state index in [0.717, 1.165) is 43.1 Å². The van der Waals surface area contributed by atoms with Gasteiger partial charge in [-0.3, -0.25) is 9.59 Å². The second-order valence-electron chi connectivity index (χ2n) is 6.94. The Hall–Kier alpha value is -1.79. The summed E-state index contributed by atoms with van der Waals surface area (Å²) in [5, 5.41) is 2.12. The summed E-state index contributed by atoms with van der Waals surface area (Å²) in [7, 11) is 0. The Morgan fingerprint density at radius 3 is 2.48 bits per heavy atom. The zero-order chi connectivity index (χ0) is 18.6. The Kier molecular flexibility index (Phi) is 5.83. The lowest BCUT2D eigenvalue weighted by Crippen LogP contribution is -2.41. The number of rotatable bonds is 4. The molecule has 1 fully saturated rings. The summed E-state index contributed by atoms with van der Waals surface area (Å²) < 4.78 is 0. The maximum atomic E-state index is 13.1. The molecule has 0 N–H and O–H groups in total. The molecule has 4 nitrogen and oxygen atoms in total. The van der Waals surface area contributed by atoms with Crippen LogP contribution in [0.25, 0.3) is 0 Å². The lowest BCUT2D eigenvalue weighted by atomic mass is 9.93. The summed E-state index contributed by atoms with van der Waals surface area (Å²) in [6.45, 7) is 2.35. The summed E-state index contributed by atoms with van der Waals surface area (Å²) in [4.78, 5) is 30.8. The molecule has 1 aromatic carbocycles. The van der Waals surface area contributed by atoms with Crippen molar-refractivity contribution in [3.05, 3.63) is 57.8 Å². The molecule has 1 atom stereocenters. The van der Waals surface area contributed by atoms with Gasteiger partial charge in [0.1, 0.15) is 0 Å². The van der Waals surface area contributed by atoms with Crippen LogP contribution < -0.4 is 0 Å². The largest absolute Gasteiger partial charge is 0.341 e. The molecule has 1 saturated heterocycles. The van der Waals surface area contributed by atoms with Gasteiger partial charge in [-0.1, -0.05) is 30.3 Å². The standard InChI is InChI=1S/C21H24N2O2S2/c24-19(22-11-14-26-15-12-22)6-7-20(25)23-10-8-18-17(9-13-27-18)21(23)16-4-2-1-3-5-16/h1-5,9,13,21H,6-8,10-12,14-15H2. The summed E-state index contributed by atoms with van der Waals surface area (Å²) in [6.07, 6.45) is 1.52. The van der Waals surface area contributed by atoms with Crippen molar-refractivity contribution in [2.75, 3.05) is 31.1 Å². The third-order valence-electron chi connectivity index (χ3n) is 5.32. The molecule has 2 aliphatic rings. The van der Waals surface area contributed by atoms with Crippen molar-refractivity contribution in [1.82, 2.24) is 9.80 Å². The molecule has 4 rings (SSSR count). The van der Waals surface area contributed by atoms with Gasteiger partial charge in [0.05, 0.1) is 6.04 Å². The van der Waals surface area contributed by atoms with Gasteiger partial charge in [0.2, 0.25) is 11.8 Å². The van der Waals surface area contributed by atoms with E-state index in [4.69, 9.17) is 0 Å². The molecule has 0 saturated carbocycles. The minimum absolute atomic E-state index is 0.0322. The van der Waals surface area contributed by atoms with Crippen LogP contribution in [0.5, 0.6) is 0 Å². The van der Waals surface area contributed by atoms with E-state index in [9.17, 15) is 9.59 Å². The number of thiophene rings is 1. The number of hydrogen-bond acceptors (Lipinski definition) is 4. The van der Waals surface area contributed by atoms with Gasteiger partial charge in [0, 0.05) is 48.9 Å². The van der Waals surface area contributed by atoms with Crippen molar-refractivity contribution >= 4 is 34.9 Å². The Bertz CT molecular complexity index is 800. The number of nitrogens with zero attached hydrogens (tertiary/aromatic N) is 2. The highest BCUT2D eigenvalue weighted by Gasteiger charge is 2.32. The van der Waals surface area contributed by atoms with E-state index in [-0.39, 0.29) is 17.9 Å². The molecule has 27 heavy (non-hydrogen) atoms. The summed E-state index contributed by atoms with van der Waals surface area (Å²) >= 11 is 3.66. The van der Waals surface area contributed by atoms with Crippen LogP contribution in [-0.2, 0) is 16.0 Å². The Morgan fingerprint density at radius 2 is 1.70 bits per heavy atom. The first-order valence-corrected chi connectivity index (χ1v) is 11.5. The molecular weight excluding hydrogens is 376 g/mol. The average Bonchev–Trinajstić information content (AvgIpc) is 3.21. The monoisotopic (exact) mass is 400 g/mol. The number of amides is 2. The van der Waals surface area contributed by atoms with Gasteiger partial charge in [-0.05, 0) is 29.0 Å². The van der Waals surface area contributed by atoms with Crippen LogP contribution in [0.2, 0.25) is 0 Å². The second-order valence-corrected chi connectivity index (χ2v) is 9.17. The first-order chi connectivity index (χ1) is 13.2. The van der Waals surface area contributed by atoms with E-state index < -0.39 is 0 Å². The van der Waals surface area contributed by atoms with E-state index in [1.165, 1.54) is 10.4 Å². The molecular formula is C21H24N2O2S2. The van der Waals surface area contributed by atoms with Crippen molar-refractivity contribution in [3.8, 4) is 0 Å². The predicted molar refractivity (Wildman–Crippen MR) is 111 cm³/mol. The third kappa shape index (κ3) is 4.06. The quantitative estimate of drug-likeness (QED) is 0.788. The fourth-order valence-corrected chi connectivity index (χ4v) is 5.72. The molecule has 1 unspecified atom stereocenters. The van der Waals surface area contributed by atoms with Gasteiger partial charge in [-0.15, -0.1) is 11.3 Å². The average molecular weight is 401 g/mol. The van der Waals surface area contributed by atoms with Crippen molar-refractivity contribution in [2.45, 2.75) is 25.3 Å². The normalized spacial score (nSPS) is 19.6. The topological polar surface area (TPSA) is 40.6 Å². The molecule has 1 aromatic heterocycles. The molecule has 2 aromatic rings. The number of fused-ring (bicyclic) bond motifs is 1. The molecule has 0 radical (unpaired) electrons. The number of thioether (sulfide) groups is 1. The van der Waals surface area contributed by atoms with Crippen molar-refractivity contribution < 1.29 is 9.59 Å². The van der Waals surface area contributed by atoms with Crippen molar-refractivity contribution in [1.29, 1.82) is 0 Å². The van der Waals surface area contributed by atoms with Crippen LogP contribution in [0.1, 0.15) is 34.9 Å². The van der Waals surface area contributed by atoms with E-state index in [2.05, 4.69) is 23.6 Å². The summed E-state index contributed by atoms with van der Waals surface area (Å²) in [6, 6.07) is 12.3. The Labute approximate surface area is 168 Å². The van der Waals surface area contributed by atoms with E-state index >= 15 is 0 Å². The maximum Gasteiger partial charge on any atom is 0.223 e. The third-order valence-corrected chi connectivity index (χ3v) is 7.26. The summed E-state index contributed by atoms with van der Waals surface area (Å²) in [5.74, 6) is 2.21. The zero-order valence-corrected chi connectivity index (χ0v) is 16.9. The van der Waals surface area contributed by atoms with Gasteiger partial charge < -0.3 is 9.80 Å². The molecule has 2 aliphatic heterocycles. The predicted octanol–water partition coefficient (Wildman–Crippen LogP) is 3.58. The van der Waals surface area contributed by atoms with Crippen molar-refractivity contribution in [2.24, 2.45) is 0 Å². The van der Waals surface area contributed by atoms with Crippen LogP contribution in [-0.4, -0.2) is 52.8 Å². The Balaban J connectivity index is 1.48. The fraction of sp³-hybridized carbons (Fsp3) is 0.429. The lowest BCUT2D eigenvalue weighted by Gasteiger charge is -2.36. The second kappa shape index (κ2) is 8.48. The number of benzene rings is 1. The van der Waals surface area contributed by atoms with Crippen LogP contribution in [0.4, 0.5) is 0 Å². The molecule has 3 heterocycles. The summed E-state index contributed by atoms with van der Waals surface area (Å²) in [5.41, 5.74) is 2.38. The van der Waals surface area contributed by atoms with Gasteiger partial charge in [-0.2, -0.15) is 11.8 Å². The highest BCUT2D eigenvalue weighted by molar-refractivity contribution is 7.99. The number of hydrogen-bond donors (Lipinski definition) is 0.